The van der Waals surface area contributed by atoms with Crippen molar-refractivity contribution in [3.05, 3.63) is 114 Å². The highest BCUT2D eigenvalue weighted by Crippen LogP contribution is 2.27. The van der Waals surface area contributed by atoms with Crippen LogP contribution in [0.15, 0.2) is 108 Å². The van der Waals surface area contributed by atoms with Crippen LogP contribution in [0.2, 0.25) is 0 Å². The molecule has 150 valence electrons. The minimum atomic E-state index is -0.356. The van der Waals surface area contributed by atoms with Gasteiger partial charge in [-0.1, -0.05) is 78.9 Å². The zero-order valence-electron chi connectivity index (χ0n) is 16.6. The average Bonchev–Trinajstić information content (AvgIpc) is 3.38. The van der Waals surface area contributed by atoms with Crippen LogP contribution in [-0.2, 0) is 4.79 Å². The molecule has 1 amide bonds. The molecule has 0 saturated carbocycles. The van der Waals surface area contributed by atoms with E-state index in [0.29, 0.717) is 5.84 Å². The van der Waals surface area contributed by atoms with Crippen molar-refractivity contribution in [1.82, 2.24) is 14.8 Å². The van der Waals surface area contributed by atoms with E-state index in [2.05, 4.69) is 4.99 Å². The lowest BCUT2D eigenvalue weighted by atomic mass is 10.1. The molecule has 4 aromatic rings. The molecular formula is C25H19N5O. The summed E-state index contributed by atoms with van der Waals surface area (Å²) >= 11 is 0. The number of amides is 1. The van der Waals surface area contributed by atoms with E-state index in [4.69, 9.17) is 10.9 Å². The molecule has 1 aliphatic heterocycles. The maximum Gasteiger partial charge on any atom is 0.292 e. The van der Waals surface area contributed by atoms with Crippen LogP contribution in [0.4, 0.5) is 0 Å². The van der Waals surface area contributed by atoms with E-state index in [-0.39, 0.29) is 11.6 Å². The smallest absolute Gasteiger partial charge is 0.265 e. The first-order valence-electron chi connectivity index (χ1n) is 9.86. The predicted octanol–water partition coefficient (Wildman–Crippen LogP) is 4.04. The largest absolute Gasteiger partial charge is 0.292 e. The number of carbonyl (C=O) groups excluding carboxylic acids is 1. The van der Waals surface area contributed by atoms with Gasteiger partial charge in [0.1, 0.15) is 11.4 Å². The third kappa shape index (κ3) is 3.56. The number of hydrogen-bond donors (Lipinski definition) is 1. The number of aliphatic imine (C=N–C) groups is 1. The normalized spacial score (nSPS) is 14.9. The minimum absolute atomic E-state index is 0.270. The van der Waals surface area contributed by atoms with Crippen molar-refractivity contribution >= 4 is 17.8 Å². The quantitative estimate of drug-likeness (QED) is 0.316. The molecule has 1 aliphatic rings. The molecule has 2 N–H and O–H groups in total. The van der Waals surface area contributed by atoms with Crippen LogP contribution in [0.3, 0.4) is 0 Å². The fraction of sp³-hybridized carbons (Fsp3) is 0. The predicted molar refractivity (Wildman–Crippen MR) is 121 cm³/mol. The molecule has 6 heteroatoms. The van der Waals surface area contributed by atoms with Crippen molar-refractivity contribution in [2.75, 3.05) is 0 Å². The van der Waals surface area contributed by atoms with Gasteiger partial charge in [0.2, 0.25) is 0 Å². The summed E-state index contributed by atoms with van der Waals surface area (Å²) < 4.78 is 1.80. The van der Waals surface area contributed by atoms with Gasteiger partial charge in [-0.25, -0.2) is 20.5 Å². The molecule has 0 unspecified atom stereocenters. The molecule has 5 rings (SSSR count). The van der Waals surface area contributed by atoms with Gasteiger partial charge < -0.3 is 0 Å². The molecule has 0 bridgehead atoms. The topological polar surface area (TPSA) is 76.5 Å². The second kappa shape index (κ2) is 7.85. The first-order valence-corrected chi connectivity index (χ1v) is 9.86. The summed E-state index contributed by atoms with van der Waals surface area (Å²) in [5.41, 5.74) is 4.47. The van der Waals surface area contributed by atoms with Gasteiger partial charge >= 0.3 is 0 Å². The highest BCUT2D eigenvalue weighted by molar-refractivity contribution is 6.19. The Balaban J connectivity index is 1.63. The van der Waals surface area contributed by atoms with E-state index < -0.39 is 0 Å². The van der Waals surface area contributed by atoms with Gasteiger partial charge in [0.15, 0.2) is 5.84 Å². The third-order valence-electron chi connectivity index (χ3n) is 5.03. The molecule has 3 aromatic carbocycles. The molecule has 0 spiro atoms. The summed E-state index contributed by atoms with van der Waals surface area (Å²) in [6.07, 6.45) is 3.64. The van der Waals surface area contributed by atoms with Crippen molar-refractivity contribution in [3.8, 4) is 16.9 Å². The molecule has 2 heterocycles. The van der Waals surface area contributed by atoms with Crippen molar-refractivity contribution in [3.63, 3.8) is 0 Å². The van der Waals surface area contributed by atoms with E-state index in [1.54, 1.807) is 10.8 Å². The maximum atomic E-state index is 12.8. The monoisotopic (exact) mass is 405 g/mol. The van der Waals surface area contributed by atoms with Crippen molar-refractivity contribution in [1.29, 1.82) is 0 Å². The van der Waals surface area contributed by atoms with Crippen LogP contribution in [-0.4, -0.2) is 26.5 Å². The number of hydrazine groups is 1. The standard InChI is InChI=1S/C25H19N5O/c26-30-24(19-12-6-2-7-13-19)27-22(25(30)31)16-20-17-29(21-14-8-3-9-15-21)28-23(20)18-10-4-1-5-11-18/h1-17H,26H2/b22-16-. The zero-order chi connectivity index (χ0) is 21.2. The lowest BCUT2D eigenvalue weighted by molar-refractivity contribution is -0.122. The Labute approximate surface area is 179 Å². The molecule has 0 radical (unpaired) electrons. The third-order valence-corrected chi connectivity index (χ3v) is 5.03. The molecule has 0 saturated heterocycles. The van der Waals surface area contributed by atoms with Crippen LogP contribution < -0.4 is 5.84 Å². The van der Waals surface area contributed by atoms with E-state index in [1.807, 2.05) is 97.2 Å². The molecule has 31 heavy (non-hydrogen) atoms. The van der Waals surface area contributed by atoms with E-state index in [1.165, 1.54) is 0 Å². The number of amidine groups is 1. The summed E-state index contributed by atoms with van der Waals surface area (Å²) in [4.78, 5) is 17.3. The first kappa shape index (κ1) is 18.7. The number of hydrogen-bond acceptors (Lipinski definition) is 4. The Kier molecular flexibility index (Phi) is 4.74. The number of nitrogens with zero attached hydrogens (tertiary/aromatic N) is 4. The summed E-state index contributed by atoms with van der Waals surface area (Å²) in [5.74, 6) is 6.10. The number of carbonyl (C=O) groups is 1. The molecule has 6 nitrogen and oxygen atoms in total. The number of nitrogens with two attached hydrogens (primary N) is 1. The molecule has 0 atom stereocenters. The number of rotatable bonds is 4. The van der Waals surface area contributed by atoms with Gasteiger partial charge in [0.25, 0.3) is 5.91 Å². The van der Waals surface area contributed by atoms with Gasteiger partial charge in [-0.2, -0.15) is 5.10 Å². The minimum Gasteiger partial charge on any atom is -0.265 e. The van der Waals surface area contributed by atoms with Crippen LogP contribution in [0.25, 0.3) is 23.0 Å². The molecule has 0 fully saturated rings. The lowest BCUT2D eigenvalue weighted by Gasteiger charge is -2.10. The second-order valence-electron chi connectivity index (χ2n) is 7.09. The summed E-state index contributed by atoms with van der Waals surface area (Å²) in [6.45, 7) is 0. The number of aromatic nitrogens is 2. The van der Waals surface area contributed by atoms with Crippen LogP contribution in [0.5, 0.6) is 0 Å². The van der Waals surface area contributed by atoms with Crippen LogP contribution in [0, 0.1) is 0 Å². The van der Waals surface area contributed by atoms with Crippen molar-refractivity contribution in [2.24, 2.45) is 10.8 Å². The van der Waals surface area contributed by atoms with Crippen molar-refractivity contribution < 1.29 is 4.79 Å². The summed E-state index contributed by atoms with van der Waals surface area (Å²) in [5, 5.41) is 5.87. The van der Waals surface area contributed by atoms with Crippen LogP contribution in [0.1, 0.15) is 11.1 Å². The first-order chi connectivity index (χ1) is 15.2. The average molecular weight is 405 g/mol. The Bertz CT molecular complexity index is 1290. The van der Waals surface area contributed by atoms with E-state index >= 15 is 0 Å². The van der Waals surface area contributed by atoms with Crippen molar-refractivity contribution in [2.45, 2.75) is 0 Å². The highest BCUT2D eigenvalue weighted by atomic mass is 16.2. The SMILES string of the molecule is NN1C(=O)/C(=C/c2cn(-c3ccccc3)nc2-c2ccccc2)N=C1c1ccccc1. The fourth-order valence-corrected chi connectivity index (χ4v) is 3.49. The van der Waals surface area contributed by atoms with Gasteiger partial charge in [0.05, 0.1) is 5.69 Å². The van der Waals surface area contributed by atoms with Gasteiger partial charge in [0, 0.05) is 22.9 Å². The summed E-state index contributed by atoms with van der Waals surface area (Å²) in [6, 6.07) is 29.1. The van der Waals surface area contributed by atoms with E-state index in [9.17, 15) is 4.79 Å². The molecule has 1 aromatic heterocycles. The van der Waals surface area contributed by atoms with Gasteiger partial charge in [-0.3, -0.25) is 4.79 Å². The van der Waals surface area contributed by atoms with Gasteiger partial charge in [-0.15, -0.1) is 0 Å². The van der Waals surface area contributed by atoms with E-state index in [0.717, 1.165) is 33.1 Å². The maximum absolute atomic E-state index is 12.8. The number of benzene rings is 3. The Morgan fingerprint density at radius 1 is 0.774 bits per heavy atom. The number of para-hydroxylation sites is 1. The van der Waals surface area contributed by atoms with Crippen LogP contribution >= 0.6 is 0 Å². The highest BCUT2D eigenvalue weighted by Gasteiger charge is 2.29. The Morgan fingerprint density at radius 3 is 2.00 bits per heavy atom. The Morgan fingerprint density at radius 2 is 1.35 bits per heavy atom. The van der Waals surface area contributed by atoms with Gasteiger partial charge in [-0.05, 0) is 18.2 Å². The Hall–Kier alpha value is -4.29. The second-order valence-corrected chi connectivity index (χ2v) is 7.09. The fourth-order valence-electron chi connectivity index (χ4n) is 3.49. The zero-order valence-corrected chi connectivity index (χ0v) is 16.6. The molecular weight excluding hydrogens is 386 g/mol. The lowest BCUT2D eigenvalue weighted by Crippen LogP contribution is -2.38. The summed E-state index contributed by atoms with van der Waals surface area (Å²) in [7, 11) is 0. The molecule has 0 aliphatic carbocycles.